The summed E-state index contributed by atoms with van der Waals surface area (Å²) in [5.41, 5.74) is -1.04. The van der Waals surface area contributed by atoms with Gasteiger partial charge in [-0.3, -0.25) is 14.5 Å². The molecule has 0 aromatic carbocycles. The second-order valence-electron chi connectivity index (χ2n) is 7.34. The third kappa shape index (κ3) is 4.03. The van der Waals surface area contributed by atoms with Crippen molar-refractivity contribution in [1.29, 1.82) is 0 Å². The van der Waals surface area contributed by atoms with Crippen LogP contribution in [-0.2, 0) is 9.59 Å². The number of carbonyl (C=O) groups excluding carboxylic acids is 2. The van der Waals surface area contributed by atoms with Crippen molar-refractivity contribution in [3.05, 3.63) is 0 Å². The monoisotopic (exact) mass is 345 g/mol. The number of likely N-dealkylation sites (tertiary alicyclic amines) is 3. The predicted molar refractivity (Wildman–Crippen MR) is 82.6 cm³/mol. The van der Waals surface area contributed by atoms with Crippen LogP contribution >= 0.6 is 0 Å². The third-order valence-electron chi connectivity index (χ3n) is 5.29. The predicted octanol–water partition coefficient (Wildman–Crippen LogP) is 0.303. The van der Waals surface area contributed by atoms with E-state index in [4.69, 9.17) is 0 Å². The summed E-state index contributed by atoms with van der Waals surface area (Å²) in [6.07, 6.45) is 1.37. The maximum absolute atomic E-state index is 13.2. The summed E-state index contributed by atoms with van der Waals surface area (Å²) >= 11 is 0. The SMILES string of the molecule is O=C1CCCN1CC(=O)N1CC[C@@](O)(CN2CCC(F)(F)CC2)C1. The fraction of sp³-hybridized carbons (Fsp3) is 0.875. The summed E-state index contributed by atoms with van der Waals surface area (Å²) in [6.45, 7) is 2.20. The van der Waals surface area contributed by atoms with Crippen LogP contribution in [0.5, 0.6) is 0 Å². The zero-order chi connectivity index (χ0) is 17.4. The Labute approximate surface area is 140 Å². The first-order chi connectivity index (χ1) is 11.3. The summed E-state index contributed by atoms with van der Waals surface area (Å²) in [4.78, 5) is 28.9. The van der Waals surface area contributed by atoms with Crippen LogP contribution < -0.4 is 0 Å². The van der Waals surface area contributed by atoms with Crippen molar-refractivity contribution in [2.24, 2.45) is 0 Å². The van der Waals surface area contributed by atoms with Crippen LogP contribution in [0.1, 0.15) is 32.1 Å². The average molecular weight is 345 g/mol. The first kappa shape index (κ1) is 17.5. The molecule has 136 valence electrons. The lowest BCUT2D eigenvalue weighted by molar-refractivity contribution is -0.138. The van der Waals surface area contributed by atoms with Crippen molar-refractivity contribution in [2.75, 3.05) is 45.8 Å². The van der Waals surface area contributed by atoms with Gasteiger partial charge in [0.1, 0.15) is 0 Å². The second-order valence-corrected chi connectivity index (χ2v) is 7.34. The minimum Gasteiger partial charge on any atom is -0.387 e. The zero-order valence-corrected chi connectivity index (χ0v) is 13.8. The van der Waals surface area contributed by atoms with E-state index in [1.165, 1.54) is 0 Å². The van der Waals surface area contributed by atoms with Gasteiger partial charge in [-0.1, -0.05) is 0 Å². The lowest BCUT2D eigenvalue weighted by Crippen LogP contribution is -2.50. The van der Waals surface area contributed by atoms with Gasteiger partial charge in [0.15, 0.2) is 0 Å². The highest BCUT2D eigenvalue weighted by Crippen LogP contribution is 2.30. The average Bonchev–Trinajstić information content (AvgIpc) is 3.09. The van der Waals surface area contributed by atoms with Crippen molar-refractivity contribution in [3.63, 3.8) is 0 Å². The first-order valence-electron chi connectivity index (χ1n) is 8.65. The van der Waals surface area contributed by atoms with Gasteiger partial charge in [0.05, 0.1) is 18.7 Å². The standard InChI is InChI=1S/C16H25F2N3O3/c17-16(18)4-7-19(8-5-16)11-15(24)3-9-21(12-15)14(23)10-20-6-1-2-13(20)22/h24H,1-12H2/t15-/m1/s1. The number of amides is 2. The van der Waals surface area contributed by atoms with Crippen molar-refractivity contribution in [2.45, 2.75) is 43.6 Å². The van der Waals surface area contributed by atoms with E-state index in [1.54, 1.807) is 9.80 Å². The topological polar surface area (TPSA) is 64.1 Å². The van der Waals surface area contributed by atoms with E-state index < -0.39 is 11.5 Å². The molecule has 24 heavy (non-hydrogen) atoms. The number of carbonyl (C=O) groups is 2. The van der Waals surface area contributed by atoms with E-state index in [2.05, 4.69) is 0 Å². The van der Waals surface area contributed by atoms with Gasteiger partial charge in [-0.25, -0.2) is 8.78 Å². The van der Waals surface area contributed by atoms with Crippen LogP contribution in [0.3, 0.4) is 0 Å². The van der Waals surface area contributed by atoms with E-state index in [0.717, 1.165) is 6.42 Å². The molecule has 3 heterocycles. The third-order valence-corrected chi connectivity index (χ3v) is 5.29. The van der Waals surface area contributed by atoms with Crippen molar-refractivity contribution in [1.82, 2.24) is 14.7 Å². The molecule has 3 aliphatic rings. The molecule has 3 aliphatic heterocycles. The molecule has 1 atom stereocenters. The van der Waals surface area contributed by atoms with E-state index >= 15 is 0 Å². The number of hydrogen-bond acceptors (Lipinski definition) is 4. The second kappa shape index (κ2) is 6.55. The molecular weight excluding hydrogens is 320 g/mol. The molecule has 1 N–H and O–H groups in total. The molecule has 3 fully saturated rings. The lowest BCUT2D eigenvalue weighted by atomic mass is 10.00. The molecule has 3 rings (SSSR count). The fourth-order valence-electron chi connectivity index (χ4n) is 3.79. The largest absolute Gasteiger partial charge is 0.387 e. The van der Waals surface area contributed by atoms with Crippen LogP contribution in [0, 0.1) is 0 Å². The van der Waals surface area contributed by atoms with Crippen LogP contribution in [0.4, 0.5) is 8.78 Å². The Kier molecular flexibility index (Phi) is 4.79. The van der Waals surface area contributed by atoms with Gasteiger partial charge < -0.3 is 14.9 Å². The Morgan fingerprint density at radius 2 is 1.83 bits per heavy atom. The van der Waals surface area contributed by atoms with Gasteiger partial charge in [0.2, 0.25) is 11.8 Å². The number of alkyl halides is 2. The molecule has 6 nitrogen and oxygen atoms in total. The van der Waals surface area contributed by atoms with Crippen LogP contribution in [0.2, 0.25) is 0 Å². The summed E-state index contributed by atoms with van der Waals surface area (Å²) in [5.74, 6) is -2.74. The molecule has 0 aliphatic carbocycles. The van der Waals surface area contributed by atoms with Crippen molar-refractivity contribution >= 4 is 11.8 Å². The maximum Gasteiger partial charge on any atom is 0.250 e. The molecule has 0 aromatic rings. The maximum atomic E-state index is 13.2. The molecular formula is C16H25F2N3O3. The van der Waals surface area contributed by atoms with Gasteiger partial charge >= 0.3 is 0 Å². The van der Waals surface area contributed by atoms with Gasteiger partial charge in [-0.15, -0.1) is 0 Å². The Bertz CT molecular complexity index is 507. The molecule has 0 radical (unpaired) electrons. The van der Waals surface area contributed by atoms with Gasteiger partial charge in [-0.05, 0) is 12.8 Å². The van der Waals surface area contributed by atoms with Crippen LogP contribution in [0.25, 0.3) is 0 Å². The van der Waals surface area contributed by atoms with E-state index in [0.29, 0.717) is 32.5 Å². The number of hydrogen-bond donors (Lipinski definition) is 1. The van der Waals surface area contributed by atoms with Crippen molar-refractivity contribution < 1.29 is 23.5 Å². The lowest BCUT2D eigenvalue weighted by Gasteiger charge is -2.36. The quantitative estimate of drug-likeness (QED) is 0.796. The summed E-state index contributed by atoms with van der Waals surface area (Å²) in [5, 5.41) is 10.7. The Balaban J connectivity index is 1.48. The van der Waals surface area contributed by atoms with Gasteiger partial charge in [0, 0.05) is 52.0 Å². The number of halogens is 2. The molecule has 0 saturated carbocycles. The summed E-state index contributed by atoms with van der Waals surface area (Å²) in [7, 11) is 0. The zero-order valence-electron chi connectivity index (χ0n) is 13.8. The molecule has 8 heteroatoms. The van der Waals surface area contributed by atoms with Crippen LogP contribution in [-0.4, -0.2) is 89.0 Å². The highest BCUT2D eigenvalue weighted by atomic mass is 19.3. The minimum atomic E-state index is -2.60. The summed E-state index contributed by atoms with van der Waals surface area (Å²) < 4.78 is 26.4. The highest BCUT2D eigenvalue weighted by molar-refractivity contribution is 5.86. The van der Waals surface area contributed by atoms with Gasteiger partial charge in [0.25, 0.3) is 5.92 Å². The molecule has 2 amide bonds. The Hall–Kier alpha value is -1.28. The van der Waals surface area contributed by atoms with E-state index in [9.17, 15) is 23.5 Å². The number of nitrogens with zero attached hydrogens (tertiary/aromatic N) is 3. The fourth-order valence-corrected chi connectivity index (χ4v) is 3.79. The van der Waals surface area contributed by atoms with E-state index in [-0.39, 0.29) is 50.8 Å². The Morgan fingerprint density at radius 3 is 2.46 bits per heavy atom. The van der Waals surface area contributed by atoms with Crippen molar-refractivity contribution in [3.8, 4) is 0 Å². The van der Waals surface area contributed by atoms with Gasteiger partial charge in [-0.2, -0.15) is 0 Å². The number of aliphatic hydroxyl groups is 1. The highest BCUT2D eigenvalue weighted by Gasteiger charge is 2.42. The molecule has 0 bridgehead atoms. The van der Waals surface area contributed by atoms with Crippen LogP contribution in [0.15, 0.2) is 0 Å². The molecule has 0 unspecified atom stereocenters. The number of rotatable bonds is 4. The number of piperidine rings is 1. The smallest absolute Gasteiger partial charge is 0.250 e. The first-order valence-corrected chi connectivity index (χ1v) is 8.65. The number of β-amino-alcohol motifs (C(OH)–C–C–N with tert-alkyl or cyclic N) is 1. The van der Waals surface area contributed by atoms with E-state index in [1.807, 2.05) is 4.90 Å². The normalized spacial score (nSPS) is 31.0. The molecule has 0 aromatic heterocycles. The molecule has 3 saturated heterocycles. The summed E-state index contributed by atoms with van der Waals surface area (Å²) in [6, 6.07) is 0. The Morgan fingerprint density at radius 1 is 1.12 bits per heavy atom. The molecule has 0 spiro atoms. The minimum absolute atomic E-state index is 0.00653.